The fourth-order valence-corrected chi connectivity index (χ4v) is 3.26. The molecule has 1 aromatic carbocycles. The first-order chi connectivity index (χ1) is 11.8. The molecule has 1 aromatic heterocycles. The van der Waals surface area contributed by atoms with Crippen LogP contribution in [0.15, 0.2) is 41.8 Å². The number of amides is 1. The van der Waals surface area contributed by atoms with Crippen molar-refractivity contribution in [1.82, 2.24) is 15.5 Å². The first-order valence-electron chi connectivity index (χ1n) is 8.28. The highest BCUT2D eigenvalue weighted by Gasteiger charge is 2.10. The van der Waals surface area contributed by atoms with Crippen LogP contribution in [-0.2, 0) is 6.61 Å². The van der Waals surface area contributed by atoms with Gasteiger partial charge in [0, 0.05) is 49.7 Å². The Labute approximate surface area is 158 Å². The van der Waals surface area contributed by atoms with Crippen LogP contribution in [0.5, 0.6) is 5.75 Å². The minimum Gasteiger partial charge on any atom is -0.488 e. The lowest BCUT2D eigenvalue weighted by Gasteiger charge is -2.27. The van der Waals surface area contributed by atoms with Gasteiger partial charge in [-0.15, -0.1) is 23.7 Å². The summed E-state index contributed by atoms with van der Waals surface area (Å²) in [6.45, 7) is 6.23. The van der Waals surface area contributed by atoms with Crippen molar-refractivity contribution in [1.29, 1.82) is 0 Å². The average molecular weight is 382 g/mol. The summed E-state index contributed by atoms with van der Waals surface area (Å²) in [5.41, 5.74) is 0.638. The summed E-state index contributed by atoms with van der Waals surface area (Å²) in [6.07, 6.45) is 0. The van der Waals surface area contributed by atoms with Crippen LogP contribution >= 0.6 is 23.7 Å². The fourth-order valence-electron chi connectivity index (χ4n) is 2.64. The lowest BCUT2D eigenvalue weighted by atomic mass is 10.2. The molecule has 0 spiro atoms. The largest absolute Gasteiger partial charge is 0.488 e. The summed E-state index contributed by atoms with van der Waals surface area (Å²) in [7, 11) is 0. The third-order valence-electron chi connectivity index (χ3n) is 3.98. The van der Waals surface area contributed by atoms with E-state index in [0.29, 0.717) is 18.7 Å². The normalized spacial score (nSPS) is 14.6. The van der Waals surface area contributed by atoms with Crippen molar-refractivity contribution < 1.29 is 9.53 Å². The number of thiophene rings is 1. The van der Waals surface area contributed by atoms with Crippen molar-refractivity contribution >= 4 is 29.7 Å². The molecule has 0 radical (unpaired) electrons. The molecule has 7 heteroatoms. The second-order valence-electron chi connectivity index (χ2n) is 5.74. The van der Waals surface area contributed by atoms with Gasteiger partial charge in [0.15, 0.2) is 0 Å². The van der Waals surface area contributed by atoms with Crippen molar-refractivity contribution in [2.24, 2.45) is 0 Å². The molecule has 2 N–H and O–H groups in total. The van der Waals surface area contributed by atoms with Gasteiger partial charge in [0.25, 0.3) is 5.91 Å². The van der Waals surface area contributed by atoms with Crippen LogP contribution in [0.1, 0.15) is 15.2 Å². The van der Waals surface area contributed by atoms with Gasteiger partial charge >= 0.3 is 0 Å². The van der Waals surface area contributed by atoms with E-state index in [-0.39, 0.29) is 18.3 Å². The van der Waals surface area contributed by atoms with Gasteiger partial charge in [0.05, 0.1) is 0 Å². The van der Waals surface area contributed by atoms with Crippen molar-refractivity contribution in [3.05, 3.63) is 52.2 Å². The second-order valence-corrected chi connectivity index (χ2v) is 6.78. The van der Waals surface area contributed by atoms with Crippen LogP contribution in [0.2, 0.25) is 0 Å². The molecule has 1 aliphatic rings. The number of carbonyl (C=O) groups is 1. The molecule has 25 heavy (non-hydrogen) atoms. The van der Waals surface area contributed by atoms with E-state index in [1.807, 2.05) is 35.7 Å². The van der Waals surface area contributed by atoms with Gasteiger partial charge in [0.1, 0.15) is 12.4 Å². The number of nitrogens with one attached hydrogen (secondary N) is 2. The van der Waals surface area contributed by atoms with Gasteiger partial charge in [-0.3, -0.25) is 9.69 Å². The number of ether oxygens (including phenoxy) is 1. The Bertz CT molecular complexity index is 646. The first-order valence-corrected chi connectivity index (χ1v) is 9.16. The highest BCUT2D eigenvalue weighted by molar-refractivity contribution is 7.09. The van der Waals surface area contributed by atoms with Crippen LogP contribution in [-0.4, -0.2) is 50.1 Å². The molecular formula is C18H24ClN3O2S. The molecule has 0 unspecified atom stereocenters. The quantitative estimate of drug-likeness (QED) is 0.773. The Hall–Kier alpha value is -1.60. The zero-order valence-corrected chi connectivity index (χ0v) is 15.7. The van der Waals surface area contributed by atoms with Crippen molar-refractivity contribution in [2.75, 3.05) is 39.3 Å². The predicted molar refractivity (Wildman–Crippen MR) is 104 cm³/mol. The number of hydrogen-bond acceptors (Lipinski definition) is 5. The van der Waals surface area contributed by atoms with E-state index in [4.69, 9.17) is 4.74 Å². The van der Waals surface area contributed by atoms with E-state index in [2.05, 4.69) is 15.5 Å². The van der Waals surface area contributed by atoms with Crippen molar-refractivity contribution in [2.45, 2.75) is 6.61 Å². The molecule has 5 nitrogen and oxygen atoms in total. The molecule has 2 aromatic rings. The summed E-state index contributed by atoms with van der Waals surface area (Å²) in [4.78, 5) is 15.8. The van der Waals surface area contributed by atoms with Gasteiger partial charge < -0.3 is 15.4 Å². The minimum absolute atomic E-state index is 0. The van der Waals surface area contributed by atoms with Gasteiger partial charge in [-0.05, 0) is 29.6 Å². The lowest BCUT2D eigenvalue weighted by molar-refractivity contribution is 0.0947. The maximum atomic E-state index is 12.3. The molecular weight excluding hydrogens is 358 g/mol. The SMILES string of the molecule is Cl.O=C(NCCN1CCNCC1)c1cccc(OCc2cccs2)c1. The summed E-state index contributed by atoms with van der Waals surface area (Å²) in [6, 6.07) is 11.4. The van der Waals surface area contributed by atoms with Crippen LogP contribution < -0.4 is 15.4 Å². The third kappa shape index (κ3) is 6.32. The zero-order valence-electron chi connectivity index (χ0n) is 14.1. The first kappa shape index (κ1) is 19.7. The number of rotatable bonds is 7. The Morgan fingerprint density at radius 2 is 2.08 bits per heavy atom. The Balaban J connectivity index is 0.00000225. The van der Waals surface area contributed by atoms with E-state index in [9.17, 15) is 4.79 Å². The Kier molecular flexibility index (Phi) is 8.21. The van der Waals surface area contributed by atoms with E-state index in [0.717, 1.165) is 38.5 Å². The summed E-state index contributed by atoms with van der Waals surface area (Å²) in [5, 5.41) is 8.34. The van der Waals surface area contributed by atoms with Gasteiger partial charge in [-0.25, -0.2) is 0 Å². The van der Waals surface area contributed by atoms with E-state index in [1.54, 1.807) is 17.4 Å². The van der Waals surface area contributed by atoms with E-state index in [1.165, 1.54) is 4.88 Å². The second kappa shape index (κ2) is 10.4. The molecule has 2 heterocycles. The highest BCUT2D eigenvalue weighted by atomic mass is 35.5. The van der Waals surface area contributed by atoms with Crippen LogP contribution in [0, 0.1) is 0 Å². The molecule has 0 bridgehead atoms. The van der Waals surface area contributed by atoms with E-state index >= 15 is 0 Å². The molecule has 1 amide bonds. The maximum absolute atomic E-state index is 12.3. The van der Waals surface area contributed by atoms with Crippen LogP contribution in [0.25, 0.3) is 0 Å². The van der Waals surface area contributed by atoms with Crippen molar-refractivity contribution in [3.8, 4) is 5.75 Å². The van der Waals surface area contributed by atoms with Crippen molar-refractivity contribution in [3.63, 3.8) is 0 Å². The Morgan fingerprint density at radius 1 is 1.24 bits per heavy atom. The highest BCUT2D eigenvalue weighted by Crippen LogP contribution is 2.17. The summed E-state index contributed by atoms with van der Waals surface area (Å²) >= 11 is 1.66. The molecule has 1 fully saturated rings. The molecule has 1 aliphatic heterocycles. The van der Waals surface area contributed by atoms with Crippen LogP contribution in [0.3, 0.4) is 0 Å². The maximum Gasteiger partial charge on any atom is 0.251 e. The molecule has 3 rings (SSSR count). The topological polar surface area (TPSA) is 53.6 Å². The van der Waals surface area contributed by atoms with Crippen LogP contribution in [0.4, 0.5) is 0 Å². The number of nitrogens with zero attached hydrogens (tertiary/aromatic N) is 1. The van der Waals surface area contributed by atoms with E-state index < -0.39 is 0 Å². The fraction of sp³-hybridized carbons (Fsp3) is 0.389. The molecule has 0 atom stereocenters. The molecule has 0 aliphatic carbocycles. The number of carbonyl (C=O) groups excluding carboxylic acids is 1. The minimum atomic E-state index is -0.0493. The zero-order chi connectivity index (χ0) is 16.6. The summed E-state index contributed by atoms with van der Waals surface area (Å²) < 4.78 is 5.76. The number of piperazine rings is 1. The average Bonchev–Trinajstić information content (AvgIpc) is 3.15. The predicted octanol–water partition coefficient (Wildman–Crippen LogP) is 2.38. The number of benzene rings is 1. The molecule has 136 valence electrons. The Morgan fingerprint density at radius 3 is 2.84 bits per heavy atom. The lowest BCUT2D eigenvalue weighted by Crippen LogP contribution is -2.46. The molecule has 1 saturated heterocycles. The molecule has 0 saturated carbocycles. The third-order valence-corrected chi connectivity index (χ3v) is 4.83. The number of halogens is 1. The number of hydrogen-bond donors (Lipinski definition) is 2. The smallest absolute Gasteiger partial charge is 0.251 e. The van der Waals surface area contributed by atoms with Gasteiger partial charge in [0.2, 0.25) is 0 Å². The standard InChI is InChI=1S/C18H23N3O2S.ClH/c22-18(20-8-11-21-9-6-19-7-10-21)15-3-1-4-16(13-15)23-14-17-5-2-12-24-17;/h1-5,12-13,19H,6-11,14H2,(H,20,22);1H. The van der Waals surface area contributed by atoms with Gasteiger partial charge in [-0.1, -0.05) is 12.1 Å². The van der Waals surface area contributed by atoms with Gasteiger partial charge in [-0.2, -0.15) is 0 Å². The summed E-state index contributed by atoms with van der Waals surface area (Å²) in [5.74, 6) is 0.671. The monoisotopic (exact) mass is 381 g/mol.